The Balaban J connectivity index is 2.36. The van der Waals surface area contributed by atoms with E-state index in [-0.39, 0.29) is 0 Å². The average molecular weight is 154 g/mol. The topological polar surface area (TPSA) is 49.6 Å². The third-order valence-electron chi connectivity index (χ3n) is 1.52. The highest BCUT2D eigenvalue weighted by molar-refractivity contribution is 5.73. The molecule has 0 bridgehead atoms. The van der Waals surface area contributed by atoms with Crippen molar-refractivity contribution in [1.82, 2.24) is 9.80 Å². The van der Waals surface area contributed by atoms with Gasteiger partial charge in [-0.2, -0.15) is 0 Å². The molecule has 0 aromatic heterocycles. The number of hydrogen-bond donors (Lipinski definition) is 1. The van der Waals surface area contributed by atoms with Crippen LogP contribution in [0.4, 0.5) is 4.79 Å². The lowest BCUT2D eigenvalue weighted by atomic mass is 10.4. The average Bonchev–Trinajstić information content (AvgIpc) is 2.37. The second-order valence-electron chi connectivity index (χ2n) is 2.41. The Morgan fingerprint density at radius 3 is 2.82 bits per heavy atom. The van der Waals surface area contributed by atoms with Gasteiger partial charge in [0.25, 0.3) is 0 Å². The van der Waals surface area contributed by atoms with Crippen LogP contribution in [-0.2, 0) is 0 Å². The summed E-state index contributed by atoms with van der Waals surface area (Å²) < 4.78 is 0. The first-order chi connectivity index (χ1) is 5.24. The molecule has 0 saturated heterocycles. The van der Waals surface area contributed by atoms with E-state index in [1.54, 1.807) is 6.20 Å². The number of urea groups is 1. The minimum absolute atomic E-state index is 0.409. The maximum Gasteiger partial charge on any atom is 0.320 e. The first-order valence-corrected chi connectivity index (χ1v) is 3.51. The third kappa shape index (κ3) is 1.86. The van der Waals surface area contributed by atoms with Crippen molar-refractivity contribution in [1.29, 1.82) is 0 Å². The van der Waals surface area contributed by atoms with Crippen LogP contribution in [0.5, 0.6) is 0 Å². The van der Waals surface area contributed by atoms with Crippen LogP contribution in [0.3, 0.4) is 0 Å². The van der Waals surface area contributed by atoms with Crippen molar-refractivity contribution in [3.05, 3.63) is 19.3 Å². The second-order valence-corrected chi connectivity index (χ2v) is 2.41. The largest absolute Gasteiger partial charge is 0.358 e. The highest BCUT2D eigenvalue weighted by Gasteiger charge is 2.14. The van der Waals surface area contributed by atoms with Gasteiger partial charge in [-0.05, 0) is 6.42 Å². The molecule has 1 aliphatic heterocycles. The zero-order valence-corrected chi connectivity index (χ0v) is 6.36. The molecular formula is C7H12N3O. The molecule has 1 heterocycles. The van der Waals surface area contributed by atoms with Gasteiger partial charge in [0, 0.05) is 18.9 Å². The normalized spacial score (nSPS) is 16.1. The summed E-state index contributed by atoms with van der Waals surface area (Å²) in [6, 6.07) is -0.409. The molecule has 1 radical (unpaired) electrons. The molecule has 1 rings (SSSR count). The Kier molecular flexibility index (Phi) is 2.36. The van der Waals surface area contributed by atoms with Crippen molar-refractivity contribution in [2.24, 2.45) is 5.73 Å². The monoisotopic (exact) mass is 154 g/mol. The quantitative estimate of drug-likeness (QED) is 0.623. The Morgan fingerprint density at radius 2 is 2.36 bits per heavy atom. The molecule has 0 aromatic rings. The smallest absolute Gasteiger partial charge is 0.320 e. The van der Waals surface area contributed by atoms with E-state index in [1.165, 1.54) is 4.90 Å². The molecule has 4 nitrogen and oxygen atoms in total. The van der Waals surface area contributed by atoms with Crippen molar-refractivity contribution < 1.29 is 4.79 Å². The lowest BCUT2D eigenvalue weighted by Gasteiger charge is -2.17. The number of rotatable bonds is 2. The van der Waals surface area contributed by atoms with E-state index >= 15 is 0 Å². The van der Waals surface area contributed by atoms with Gasteiger partial charge in [0.15, 0.2) is 0 Å². The van der Waals surface area contributed by atoms with Gasteiger partial charge in [0.1, 0.15) is 0 Å². The number of amides is 2. The molecule has 61 valence electrons. The van der Waals surface area contributed by atoms with Gasteiger partial charge in [-0.1, -0.05) is 6.92 Å². The van der Waals surface area contributed by atoms with E-state index < -0.39 is 6.03 Å². The van der Waals surface area contributed by atoms with Gasteiger partial charge in [-0.25, -0.2) is 4.79 Å². The van der Waals surface area contributed by atoms with Crippen LogP contribution in [-0.4, -0.2) is 29.0 Å². The molecule has 0 unspecified atom stereocenters. The summed E-state index contributed by atoms with van der Waals surface area (Å²) in [6.45, 7) is 5.13. The first kappa shape index (κ1) is 7.91. The second kappa shape index (κ2) is 3.27. The maximum absolute atomic E-state index is 10.6. The lowest BCUT2D eigenvalue weighted by molar-refractivity contribution is 0.212. The maximum atomic E-state index is 10.6. The minimum Gasteiger partial charge on any atom is -0.358 e. The molecule has 4 heteroatoms. The highest BCUT2D eigenvalue weighted by Crippen LogP contribution is 2.05. The number of carbonyl (C=O) groups is 1. The van der Waals surface area contributed by atoms with Crippen LogP contribution in [0.2, 0.25) is 0 Å². The zero-order valence-electron chi connectivity index (χ0n) is 6.36. The Hall–Kier alpha value is -1.19. The summed E-state index contributed by atoms with van der Waals surface area (Å²) in [5.41, 5.74) is 5.05. The van der Waals surface area contributed by atoms with Crippen molar-refractivity contribution in [3.63, 3.8) is 0 Å². The molecule has 2 amide bonds. The fourth-order valence-electron chi connectivity index (χ4n) is 0.956. The van der Waals surface area contributed by atoms with Crippen LogP contribution < -0.4 is 5.73 Å². The van der Waals surface area contributed by atoms with Gasteiger partial charge >= 0.3 is 6.03 Å². The van der Waals surface area contributed by atoms with Crippen LogP contribution in [0, 0.1) is 6.92 Å². The predicted octanol–water partition coefficient (Wildman–Crippen LogP) is 0.336. The lowest BCUT2D eigenvalue weighted by Crippen LogP contribution is -2.34. The Bertz CT molecular complexity index is 179. The van der Waals surface area contributed by atoms with E-state index in [2.05, 4.69) is 6.92 Å². The summed E-state index contributed by atoms with van der Waals surface area (Å²) in [5.74, 6) is 0. The van der Waals surface area contributed by atoms with E-state index in [1.807, 2.05) is 11.1 Å². The summed E-state index contributed by atoms with van der Waals surface area (Å²) in [5, 5.41) is 0. The van der Waals surface area contributed by atoms with Crippen LogP contribution in [0.15, 0.2) is 12.4 Å². The van der Waals surface area contributed by atoms with Crippen molar-refractivity contribution in [3.8, 4) is 0 Å². The molecule has 0 fully saturated rings. The van der Waals surface area contributed by atoms with Crippen LogP contribution in [0.1, 0.15) is 6.42 Å². The van der Waals surface area contributed by atoms with Gasteiger partial charge < -0.3 is 10.6 Å². The summed E-state index contributed by atoms with van der Waals surface area (Å²) in [7, 11) is 0. The number of carbonyl (C=O) groups excluding carboxylic acids is 1. The molecule has 2 N–H and O–H groups in total. The van der Waals surface area contributed by atoms with E-state index in [0.29, 0.717) is 6.67 Å². The molecule has 11 heavy (non-hydrogen) atoms. The van der Waals surface area contributed by atoms with Gasteiger partial charge in [0.05, 0.1) is 6.67 Å². The number of hydrogen-bond acceptors (Lipinski definition) is 2. The van der Waals surface area contributed by atoms with E-state index in [9.17, 15) is 4.79 Å². The van der Waals surface area contributed by atoms with Crippen LogP contribution in [0.25, 0.3) is 0 Å². The molecule has 0 aliphatic carbocycles. The van der Waals surface area contributed by atoms with Crippen molar-refractivity contribution >= 4 is 6.03 Å². The summed E-state index contributed by atoms with van der Waals surface area (Å²) in [4.78, 5) is 14.0. The van der Waals surface area contributed by atoms with Crippen LogP contribution >= 0.6 is 0 Å². The minimum atomic E-state index is -0.409. The Labute approximate surface area is 66.3 Å². The Morgan fingerprint density at radius 1 is 1.64 bits per heavy atom. The van der Waals surface area contributed by atoms with Crippen molar-refractivity contribution in [2.75, 3.05) is 13.2 Å². The standard InChI is InChI=1S/C7H12N3O/c1-2-3-9-4-5-10(6-9)7(8)11/h4-5H,1-3,6H2,(H2,8,11). The highest BCUT2D eigenvalue weighted by atomic mass is 16.2. The van der Waals surface area contributed by atoms with Gasteiger partial charge in [-0.15, -0.1) is 0 Å². The number of primary amides is 1. The van der Waals surface area contributed by atoms with Gasteiger partial charge in [0.2, 0.25) is 0 Å². The molecule has 0 atom stereocenters. The fraction of sp³-hybridized carbons (Fsp3) is 0.429. The van der Waals surface area contributed by atoms with E-state index in [0.717, 1.165) is 13.0 Å². The molecule has 0 spiro atoms. The molecule has 0 aromatic carbocycles. The molecule has 0 saturated carbocycles. The third-order valence-corrected chi connectivity index (χ3v) is 1.52. The van der Waals surface area contributed by atoms with Gasteiger partial charge in [-0.3, -0.25) is 4.90 Å². The van der Waals surface area contributed by atoms with E-state index in [4.69, 9.17) is 5.73 Å². The molecular weight excluding hydrogens is 142 g/mol. The first-order valence-electron chi connectivity index (χ1n) is 3.51. The van der Waals surface area contributed by atoms with Crippen molar-refractivity contribution in [2.45, 2.75) is 6.42 Å². The molecule has 1 aliphatic rings. The number of nitrogens with zero attached hydrogens (tertiary/aromatic N) is 2. The summed E-state index contributed by atoms with van der Waals surface area (Å²) in [6.07, 6.45) is 4.35. The number of nitrogens with two attached hydrogens (primary N) is 1. The fourth-order valence-corrected chi connectivity index (χ4v) is 0.956. The zero-order chi connectivity index (χ0) is 8.27. The predicted molar refractivity (Wildman–Crippen MR) is 42.1 cm³/mol. The summed E-state index contributed by atoms with van der Waals surface area (Å²) >= 11 is 0. The SMILES string of the molecule is [CH2]CCN1C=CN(C(N)=O)C1.